The van der Waals surface area contributed by atoms with Gasteiger partial charge in [-0.15, -0.1) is 0 Å². The second-order valence-corrected chi connectivity index (χ2v) is 5.16. The highest BCUT2D eigenvalue weighted by atomic mass is 16.5. The standard InChI is InChI=1S/C14H26N4O/c1-3-5-17-10-12(9-16-17)14(8-15)18-6-7-19-11-13(18)4-2/h9-10,13-14H,3-8,11,15H2,1-2H3. The summed E-state index contributed by atoms with van der Waals surface area (Å²) in [6.45, 7) is 8.55. The molecule has 2 heterocycles. The Labute approximate surface area is 115 Å². The van der Waals surface area contributed by atoms with Crippen molar-refractivity contribution in [1.82, 2.24) is 14.7 Å². The summed E-state index contributed by atoms with van der Waals surface area (Å²) in [5.41, 5.74) is 7.25. The van der Waals surface area contributed by atoms with Gasteiger partial charge < -0.3 is 10.5 Å². The summed E-state index contributed by atoms with van der Waals surface area (Å²) < 4.78 is 7.59. The SMILES string of the molecule is CCCn1cc(C(CN)N2CCOCC2CC)cn1. The fourth-order valence-electron chi connectivity index (χ4n) is 2.80. The number of rotatable bonds is 6. The van der Waals surface area contributed by atoms with E-state index in [1.165, 1.54) is 5.56 Å². The van der Waals surface area contributed by atoms with Crippen LogP contribution < -0.4 is 5.73 Å². The molecule has 2 N–H and O–H groups in total. The second kappa shape index (κ2) is 7.03. The Morgan fingerprint density at radius 1 is 1.53 bits per heavy atom. The smallest absolute Gasteiger partial charge is 0.0622 e. The van der Waals surface area contributed by atoms with Crippen LogP contribution in [-0.4, -0.2) is 47.0 Å². The van der Waals surface area contributed by atoms with E-state index >= 15 is 0 Å². The lowest BCUT2D eigenvalue weighted by Gasteiger charge is -2.40. The van der Waals surface area contributed by atoms with Crippen LogP contribution in [0.25, 0.3) is 0 Å². The molecule has 0 saturated carbocycles. The minimum atomic E-state index is 0.263. The number of nitrogens with zero attached hydrogens (tertiary/aromatic N) is 3. The largest absolute Gasteiger partial charge is 0.378 e. The van der Waals surface area contributed by atoms with Crippen molar-refractivity contribution < 1.29 is 4.74 Å². The highest BCUT2D eigenvalue weighted by Crippen LogP contribution is 2.25. The van der Waals surface area contributed by atoms with Gasteiger partial charge in [-0.25, -0.2) is 0 Å². The van der Waals surface area contributed by atoms with E-state index < -0.39 is 0 Å². The topological polar surface area (TPSA) is 56.3 Å². The first-order valence-corrected chi connectivity index (χ1v) is 7.36. The van der Waals surface area contributed by atoms with Crippen LogP contribution in [-0.2, 0) is 11.3 Å². The van der Waals surface area contributed by atoms with Gasteiger partial charge >= 0.3 is 0 Å². The molecule has 19 heavy (non-hydrogen) atoms. The van der Waals surface area contributed by atoms with Gasteiger partial charge in [-0.2, -0.15) is 5.10 Å². The average molecular weight is 266 g/mol. The van der Waals surface area contributed by atoms with Gasteiger partial charge in [0.25, 0.3) is 0 Å². The molecule has 1 fully saturated rings. The first-order chi connectivity index (χ1) is 9.30. The second-order valence-electron chi connectivity index (χ2n) is 5.16. The van der Waals surface area contributed by atoms with E-state index in [1.54, 1.807) is 0 Å². The summed E-state index contributed by atoms with van der Waals surface area (Å²) in [7, 11) is 0. The Balaban J connectivity index is 2.12. The van der Waals surface area contributed by atoms with Crippen molar-refractivity contribution in [2.45, 2.75) is 45.3 Å². The third-order valence-electron chi connectivity index (χ3n) is 3.86. The van der Waals surface area contributed by atoms with Crippen LogP contribution in [0.1, 0.15) is 38.3 Å². The summed E-state index contributed by atoms with van der Waals surface area (Å²) >= 11 is 0. The predicted octanol–water partition coefficient (Wildman–Crippen LogP) is 1.40. The van der Waals surface area contributed by atoms with E-state index in [-0.39, 0.29) is 6.04 Å². The highest BCUT2D eigenvalue weighted by molar-refractivity contribution is 5.12. The van der Waals surface area contributed by atoms with Gasteiger partial charge in [0, 0.05) is 37.4 Å². The zero-order valence-corrected chi connectivity index (χ0v) is 12.1. The minimum absolute atomic E-state index is 0.263. The molecule has 1 aliphatic heterocycles. The zero-order chi connectivity index (χ0) is 13.7. The molecule has 1 saturated heterocycles. The number of hydrogen-bond donors (Lipinski definition) is 1. The molecule has 1 aromatic heterocycles. The number of aryl methyl sites for hydroxylation is 1. The summed E-state index contributed by atoms with van der Waals surface area (Å²) in [6, 6.07) is 0.733. The first-order valence-electron chi connectivity index (χ1n) is 7.36. The van der Waals surface area contributed by atoms with Crippen molar-refractivity contribution in [1.29, 1.82) is 0 Å². The van der Waals surface area contributed by atoms with Crippen molar-refractivity contribution >= 4 is 0 Å². The molecule has 5 nitrogen and oxygen atoms in total. The van der Waals surface area contributed by atoms with Crippen molar-refractivity contribution in [3.8, 4) is 0 Å². The van der Waals surface area contributed by atoms with Crippen LogP contribution in [0.15, 0.2) is 12.4 Å². The lowest BCUT2D eigenvalue weighted by Crippen LogP contribution is -2.48. The van der Waals surface area contributed by atoms with Crippen molar-refractivity contribution in [3.63, 3.8) is 0 Å². The van der Waals surface area contributed by atoms with Gasteiger partial charge in [0.2, 0.25) is 0 Å². The maximum atomic E-state index is 6.02. The molecule has 0 aliphatic carbocycles. The van der Waals surface area contributed by atoms with Crippen LogP contribution in [0.2, 0.25) is 0 Å². The van der Waals surface area contributed by atoms with Crippen LogP contribution >= 0.6 is 0 Å². The predicted molar refractivity (Wildman–Crippen MR) is 75.9 cm³/mol. The molecule has 108 valence electrons. The first kappa shape index (κ1) is 14.5. The number of aromatic nitrogens is 2. The summed E-state index contributed by atoms with van der Waals surface area (Å²) in [6.07, 6.45) is 6.31. The average Bonchev–Trinajstić information content (AvgIpc) is 2.89. The highest BCUT2D eigenvalue weighted by Gasteiger charge is 2.29. The Morgan fingerprint density at radius 3 is 3.05 bits per heavy atom. The van der Waals surface area contributed by atoms with Crippen molar-refractivity contribution in [3.05, 3.63) is 18.0 Å². The number of nitrogens with two attached hydrogens (primary N) is 1. The van der Waals surface area contributed by atoms with E-state index in [0.29, 0.717) is 12.6 Å². The lowest BCUT2D eigenvalue weighted by molar-refractivity contribution is -0.0291. The van der Waals surface area contributed by atoms with E-state index in [2.05, 4.69) is 30.0 Å². The third kappa shape index (κ3) is 3.35. The quantitative estimate of drug-likeness (QED) is 0.845. The maximum absolute atomic E-state index is 6.02. The third-order valence-corrected chi connectivity index (χ3v) is 3.86. The molecule has 1 aliphatic rings. The van der Waals surface area contributed by atoms with Crippen molar-refractivity contribution in [2.24, 2.45) is 5.73 Å². The monoisotopic (exact) mass is 266 g/mol. The Morgan fingerprint density at radius 2 is 2.37 bits per heavy atom. The van der Waals surface area contributed by atoms with Gasteiger partial charge in [0.1, 0.15) is 0 Å². The van der Waals surface area contributed by atoms with Gasteiger partial charge in [-0.1, -0.05) is 13.8 Å². The minimum Gasteiger partial charge on any atom is -0.378 e. The summed E-state index contributed by atoms with van der Waals surface area (Å²) in [4.78, 5) is 2.48. The molecule has 0 aromatic carbocycles. The molecule has 2 unspecified atom stereocenters. The number of morpholine rings is 1. The molecule has 5 heteroatoms. The van der Waals surface area contributed by atoms with E-state index in [4.69, 9.17) is 10.5 Å². The summed E-state index contributed by atoms with van der Waals surface area (Å²) in [5, 5.41) is 4.42. The van der Waals surface area contributed by atoms with Crippen LogP contribution in [0.4, 0.5) is 0 Å². The van der Waals surface area contributed by atoms with Crippen LogP contribution in [0, 0.1) is 0 Å². The molecular formula is C14H26N4O. The van der Waals surface area contributed by atoms with E-state index in [0.717, 1.165) is 39.1 Å². The van der Waals surface area contributed by atoms with Gasteiger partial charge in [-0.05, 0) is 12.8 Å². The molecule has 0 radical (unpaired) electrons. The maximum Gasteiger partial charge on any atom is 0.0622 e. The summed E-state index contributed by atoms with van der Waals surface area (Å²) in [5.74, 6) is 0. The molecule has 0 spiro atoms. The lowest BCUT2D eigenvalue weighted by atomic mass is 10.0. The number of hydrogen-bond acceptors (Lipinski definition) is 4. The van der Waals surface area contributed by atoms with Gasteiger partial charge in [0.15, 0.2) is 0 Å². The van der Waals surface area contributed by atoms with Crippen LogP contribution in [0.3, 0.4) is 0 Å². The fourth-order valence-corrected chi connectivity index (χ4v) is 2.80. The fraction of sp³-hybridized carbons (Fsp3) is 0.786. The van der Waals surface area contributed by atoms with Crippen LogP contribution in [0.5, 0.6) is 0 Å². The molecule has 1 aromatic rings. The zero-order valence-electron chi connectivity index (χ0n) is 12.1. The number of ether oxygens (including phenoxy) is 1. The van der Waals surface area contributed by atoms with Crippen molar-refractivity contribution in [2.75, 3.05) is 26.3 Å². The van der Waals surface area contributed by atoms with E-state index in [1.807, 2.05) is 10.9 Å². The van der Waals surface area contributed by atoms with Gasteiger partial charge in [0.05, 0.1) is 25.5 Å². The molecule has 2 rings (SSSR count). The Hall–Kier alpha value is -0.910. The Bertz CT molecular complexity index is 379. The molecule has 0 bridgehead atoms. The molecular weight excluding hydrogens is 240 g/mol. The van der Waals surface area contributed by atoms with E-state index in [9.17, 15) is 0 Å². The molecule has 0 amide bonds. The Kier molecular flexibility index (Phi) is 5.36. The van der Waals surface area contributed by atoms with Gasteiger partial charge in [-0.3, -0.25) is 9.58 Å². The normalized spacial score (nSPS) is 22.6. The molecule has 2 atom stereocenters.